The molecule has 0 fully saturated rings. The quantitative estimate of drug-likeness (QED) is 0.269. The number of ether oxygens (including phenoxy) is 1. The van der Waals surface area contributed by atoms with Crippen LogP contribution in [-0.2, 0) is 4.74 Å². The Morgan fingerprint density at radius 2 is 1.57 bits per heavy atom. The second-order valence-electron chi connectivity index (χ2n) is 7.66. The summed E-state index contributed by atoms with van der Waals surface area (Å²) in [5, 5.41) is 10.1. The fraction of sp³-hybridized carbons (Fsp3) is 0.320. The monoisotopic (exact) mass is 373 g/mol. The van der Waals surface area contributed by atoms with Crippen molar-refractivity contribution in [2.75, 3.05) is 5.32 Å². The normalized spacial score (nSPS) is 12.6. The number of unbranched alkanes of at least 4 members (excludes halogenated alkanes) is 3. The molecular formula is C25H27NO2. The van der Waals surface area contributed by atoms with Crippen molar-refractivity contribution in [2.45, 2.75) is 52.1 Å². The van der Waals surface area contributed by atoms with Gasteiger partial charge in [-0.25, -0.2) is 4.79 Å². The maximum absolute atomic E-state index is 12.4. The first-order chi connectivity index (χ1) is 13.7. The second-order valence-corrected chi connectivity index (χ2v) is 7.66. The number of benzene rings is 4. The molecule has 4 rings (SSSR count). The lowest BCUT2D eigenvalue weighted by atomic mass is 9.93. The molecular weight excluding hydrogens is 346 g/mol. The summed E-state index contributed by atoms with van der Waals surface area (Å²) in [5.41, 5.74) is 0.800. The molecule has 0 saturated carbocycles. The van der Waals surface area contributed by atoms with Crippen molar-refractivity contribution in [3.8, 4) is 0 Å². The van der Waals surface area contributed by atoms with Gasteiger partial charge in [-0.05, 0) is 52.8 Å². The molecule has 0 saturated heterocycles. The van der Waals surface area contributed by atoms with Crippen LogP contribution in [0.1, 0.15) is 46.0 Å². The van der Waals surface area contributed by atoms with Crippen molar-refractivity contribution in [1.29, 1.82) is 0 Å². The van der Waals surface area contributed by atoms with E-state index in [9.17, 15) is 4.79 Å². The number of hydrogen-bond acceptors (Lipinski definition) is 2. The molecule has 28 heavy (non-hydrogen) atoms. The minimum Gasteiger partial charge on any atom is -0.446 e. The van der Waals surface area contributed by atoms with E-state index >= 15 is 0 Å². The summed E-state index contributed by atoms with van der Waals surface area (Å²) in [6.07, 6.45) is 5.20. The van der Waals surface area contributed by atoms with Crippen LogP contribution in [-0.4, -0.2) is 12.2 Å². The van der Waals surface area contributed by atoms with Crippen molar-refractivity contribution in [1.82, 2.24) is 0 Å². The molecule has 0 aliphatic rings. The number of hydrogen-bond donors (Lipinski definition) is 1. The van der Waals surface area contributed by atoms with Crippen LogP contribution in [0.2, 0.25) is 0 Å². The molecule has 1 N–H and O–H groups in total. The predicted molar refractivity (Wildman–Crippen MR) is 118 cm³/mol. The molecule has 0 aliphatic carbocycles. The zero-order chi connectivity index (χ0) is 19.5. The van der Waals surface area contributed by atoms with Crippen molar-refractivity contribution in [3.63, 3.8) is 0 Å². The largest absolute Gasteiger partial charge is 0.446 e. The van der Waals surface area contributed by atoms with Crippen LogP contribution in [0.15, 0.2) is 54.6 Å². The van der Waals surface area contributed by atoms with Crippen LogP contribution in [0, 0.1) is 0 Å². The highest BCUT2D eigenvalue weighted by Crippen LogP contribution is 2.37. The van der Waals surface area contributed by atoms with E-state index in [0.29, 0.717) is 0 Å². The maximum Gasteiger partial charge on any atom is 0.411 e. The summed E-state index contributed by atoms with van der Waals surface area (Å²) < 4.78 is 5.57. The zero-order valence-corrected chi connectivity index (χ0v) is 16.6. The molecule has 0 unspecified atom stereocenters. The summed E-state index contributed by atoms with van der Waals surface area (Å²) in [4.78, 5) is 12.4. The molecule has 0 aromatic heterocycles. The van der Waals surface area contributed by atoms with Gasteiger partial charge in [0.05, 0.1) is 5.69 Å². The summed E-state index contributed by atoms with van der Waals surface area (Å²) in [5.74, 6) is 0. The molecule has 1 amide bonds. The van der Waals surface area contributed by atoms with Crippen molar-refractivity contribution >= 4 is 44.1 Å². The smallest absolute Gasteiger partial charge is 0.411 e. The average molecular weight is 373 g/mol. The first-order valence-electron chi connectivity index (χ1n) is 10.3. The van der Waals surface area contributed by atoms with E-state index in [1.54, 1.807) is 0 Å². The molecule has 4 aromatic carbocycles. The number of rotatable bonds is 7. The standard InChI is InChI=1S/C25H27NO2/c1-3-4-5-6-8-17(2)28-25(27)26-22-16-14-20-12-11-18-9-7-10-19-13-15-21(22)24(20)23(18)19/h7,9-17H,3-6,8H2,1-2H3,(H,26,27)/t17-/m1/s1. The van der Waals surface area contributed by atoms with Gasteiger partial charge < -0.3 is 4.74 Å². The summed E-state index contributed by atoms with van der Waals surface area (Å²) in [6.45, 7) is 4.17. The summed E-state index contributed by atoms with van der Waals surface area (Å²) >= 11 is 0. The Balaban J connectivity index is 1.56. The van der Waals surface area contributed by atoms with Crippen molar-refractivity contribution in [3.05, 3.63) is 54.6 Å². The van der Waals surface area contributed by atoms with Crippen LogP contribution >= 0.6 is 0 Å². The minimum absolute atomic E-state index is 0.0726. The molecule has 0 bridgehead atoms. The highest BCUT2D eigenvalue weighted by molar-refractivity contribution is 6.25. The molecule has 144 valence electrons. The summed E-state index contributed by atoms with van der Waals surface area (Å²) in [7, 11) is 0. The topological polar surface area (TPSA) is 38.3 Å². The van der Waals surface area contributed by atoms with Gasteiger partial charge in [0.1, 0.15) is 6.10 Å². The van der Waals surface area contributed by atoms with E-state index in [1.807, 2.05) is 13.0 Å². The number of nitrogens with one attached hydrogen (secondary N) is 1. The fourth-order valence-corrected chi connectivity index (χ4v) is 4.08. The first-order valence-corrected chi connectivity index (χ1v) is 10.3. The van der Waals surface area contributed by atoms with E-state index in [0.717, 1.165) is 23.9 Å². The molecule has 0 spiro atoms. The van der Waals surface area contributed by atoms with Crippen molar-refractivity contribution in [2.24, 2.45) is 0 Å². The molecule has 0 aliphatic heterocycles. The molecule has 0 radical (unpaired) electrons. The van der Waals surface area contributed by atoms with E-state index in [1.165, 1.54) is 46.2 Å². The molecule has 3 nitrogen and oxygen atoms in total. The van der Waals surface area contributed by atoms with Crippen LogP contribution in [0.5, 0.6) is 0 Å². The Hall–Kier alpha value is -2.81. The van der Waals surface area contributed by atoms with Crippen LogP contribution in [0.3, 0.4) is 0 Å². The Morgan fingerprint density at radius 3 is 2.32 bits per heavy atom. The maximum atomic E-state index is 12.4. The second kappa shape index (κ2) is 8.05. The van der Waals surface area contributed by atoms with Gasteiger partial charge in [-0.1, -0.05) is 74.7 Å². The highest BCUT2D eigenvalue weighted by atomic mass is 16.6. The van der Waals surface area contributed by atoms with Gasteiger partial charge in [-0.15, -0.1) is 0 Å². The lowest BCUT2D eigenvalue weighted by Gasteiger charge is -2.16. The first kappa shape index (κ1) is 18.5. The third-order valence-corrected chi connectivity index (χ3v) is 5.54. The third kappa shape index (κ3) is 3.62. The van der Waals surface area contributed by atoms with Gasteiger partial charge in [-0.3, -0.25) is 5.32 Å². The van der Waals surface area contributed by atoms with Crippen LogP contribution < -0.4 is 5.32 Å². The van der Waals surface area contributed by atoms with Gasteiger partial charge >= 0.3 is 6.09 Å². The number of amides is 1. The van der Waals surface area contributed by atoms with Gasteiger partial charge in [0.2, 0.25) is 0 Å². The van der Waals surface area contributed by atoms with Gasteiger partial charge in [0, 0.05) is 5.39 Å². The summed E-state index contributed by atoms with van der Waals surface area (Å²) in [6, 6.07) is 18.9. The van der Waals surface area contributed by atoms with Crippen LogP contribution in [0.25, 0.3) is 32.3 Å². The SMILES string of the molecule is CCCCCC[C@@H](C)OC(=O)Nc1ccc2ccc3cccc4ccc1c2c34. The number of carbonyl (C=O) groups is 1. The number of carbonyl (C=O) groups excluding carboxylic acids is 1. The van der Waals surface area contributed by atoms with Crippen molar-refractivity contribution < 1.29 is 9.53 Å². The van der Waals surface area contributed by atoms with Gasteiger partial charge in [0.25, 0.3) is 0 Å². The van der Waals surface area contributed by atoms with E-state index in [4.69, 9.17) is 4.74 Å². The lowest BCUT2D eigenvalue weighted by molar-refractivity contribution is 0.114. The Morgan fingerprint density at radius 1 is 0.893 bits per heavy atom. The highest BCUT2D eigenvalue weighted by Gasteiger charge is 2.14. The zero-order valence-electron chi connectivity index (χ0n) is 16.6. The van der Waals surface area contributed by atoms with Gasteiger partial charge in [0.15, 0.2) is 0 Å². The third-order valence-electron chi connectivity index (χ3n) is 5.54. The molecule has 3 heteroatoms. The van der Waals surface area contributed by atoms with Crippen LogP contribution in [0.4, 0.5) is 10.5 Å². The van der Waals surface area contributed by atoms with E-state index in [2.05, 4.69) is 60.8 Å². The molecule has 0 heterocycles. The van der Waals surface area contributed by atoms with Gasteiger partial charge in [-0.2, -0.15) is 0 Å². The minimum atomic E-state index is -0.377. The van der Waals surface area contributed by atoms with E-state index in [-0.39, 0.29) is 12.2 Å². The fourth-order valence-electron chi connectivity index (χ4n) is 4.08. The van der Waals surface area contributed by atoms with E-state index < -0.39 is 0 Å². The number of anilines is 1. The molecule has 1 atom stereocenters. The Kier molecular flexibility index (Phi) is 5.34. The molecule has 4 aromatic rings. The predicted octanol–water partition coefficient (Wildman–Crippen LogP) is 7.49. The Labute approximate surface area is 166 Å². The average Bonchev–Trinajstić information content (AvgIpc) is 2.70. The Bertz CT molecular complexity index is 1090. The lowest BCUT2D eigenvalue weighted by Crippen LogP contribution is -2.20.